The molecule has 1 fully saturated rings. The number of aromatic nitrogens is 1. The van der Waals surface area contributed by atoms with Gasteiger partial charge in [-0.05, 0) is 72.4 Å². The lowest BCUT2D eigenvalue weighted by Crippen LogP contribution is -2.46. The van der Waals surface area contributed by atoms with Crippen LogP contribution in [0.4, 0.5) is 5.82 Å². The minimum atomic E-state index is -0.539. The average Bonchev–Trinajstić information content (AvgIpc) is 2.85. The quantitative estimate of drug-likeness (QED) is 0.374. The van der Waals surface area contributed by atoms with E-state index in [1.54, 1.807) is 7.11 Å². The first-order chi connectivity index (χ1) is 17.8. The summed E-state index contributed by atoms with van der Waals surface area (Å²) in [6.07, 6.45) is 7.23. The second-order valence-corrected chi connectivity index (χ2v) is 12.0. The number of anilines is 1. The summed E-state index contributed by atoms with van der Waals surface area (Å²) < 4.78 is 5.39. The first kappa shape index (κ1) is 24.0. The molecule has 3 aliphatic rings. The molecule has 3 aromatic rings. The van der Waals surface area contributed by atoms with Crippen LogP contribution in [0.1, 0.15) is 81.0 Å². The van der Waals surface area contributed by atoms with Gasteiger partial charge in [0.2, 0.25) is 0 Å². The van der Waals surface area contributed by atoms with Crippen LogP contribution in [0.15, 0.2) is 78.1 Å². The normalized spacial score (nSPS) is 22.8. The van der Waals surface area contributed by atoms with Gasteiger partial charge in [0.05, 0.1) is 12.5 Å². The Morgan fingerprint density at radius 2 is 1.73 bits per heavy atom. The fourth-order valence-corrected chi connectivity index (χ4v) is 6.53. The van der Waals surface area contributed by atoms with E-state index in [9.17, 15) is 4.79 Å². The lowest BCUT2D eigenvalue weighted by molar-refractivity contribution is -0.118. The molecule has 190 valence electrons. The molecule has 1 atom stereocenters. The molecule has 4 heteroatoms. The largest absolute Gasteiger partial charge is 0.497 e. The Morgan fingerprint density at radius 3 is 2.38 bits per heavy atom. The van der Waals surface area contributed by atoms with Gasteiger partial charge in [-0.25, -0.2) is 4.98 Å². The summed E-state index contributed by atoms with van der Waals surface area (Å²) in [4.78, 5) is 21.6. The summed E-state index contributed by atoms with van der Waals surface area (Å²) in [7, 11) is 1.69. The van der Waals surface area contributed by atoms with Crippen molar-refractivity contribution in [3.05, 3.63) is 100 Å². The summed E-state index contributed by atoms with van der Waals surface area (Å²) >= 11 is 0. The predicted molar refractivity (Wildman–Crippen MR) is 148 cm³/mol. The summed E-state index contributed by atoms with van der Waals surface area (Å²) in [5.74, 6) is 2.66. The number of Topliss-reactive ketones (excluding diaryl/α,β-unsaturated/α-hetero) is 1. The molecule has 4 nitrogen and oxygen atoms in total. The van der Waals surface area contributed by atoms with E-state index in [2.05, 4.69) is 80.4 Å². The third-order valence-electron chi connectivity index (χ3n) is 8.79. The molecule has 0 N–H and O–H groups in total. The molecule has 0 unspecified atom stereocenters. The van der Waals surface area contributed by atoms with Gasteiger partial charge in [-0.1, -0.05) is 62.7 Å². The molecule has 1 aliphatic heterocycles. The maximum absolute atomic E-state index is 14.1. The lowest BCUT2D eigenvalue weighted by Gasteiger charge is -2.49. The molecule has 0 radical (unpaired) electrons. The predicted octanol–water partition coefficient (Wildman–Crippen LogP) is 7.33. The number of carbonyl (C=O) groups is 1. The number of ketones is 1. The van der Waals surface area contributed by atoms with Gasteiger partial charge >= 0.3 is 0 Å². The van der Waals surface area contributed by atoms with E-state index in [0.717, 1.165) is 40.4 Å². The Balaban J connectivity index is 1.58. The van der Waals surface area contributed by atoms with E-state index in [4.69, 9.17) is 9.72 Å². The second-order valence-electron chi connectivity index (χ2n) is 12.0. The highest BCUT2D eigenvalue weighted by atomic mass is 16.5. The topological polar surface area (TPSA) is 42.4 Å². The fraction of sp³-hybridized carbons (Fsp3) is 0.394. The number of pyridine rings is 1. The van der Waals surface area contributed by atoms with E-state index in [1.165, 1.54) is 30.4 Å². The number of ether oxygens (including phenoxy) is 1. The number of hydrogen-bond donors (Lipinski definition) is 0. The van der Waals surface area contributed by atoms with Crippen molar-refractivity contribution < 1.29 is 9.53 Å². The Labute approximate surface area is 220 Å². The maximum Gasteiger partial charge on any atom is 0.162 e. The number of benzene rings is 2. The number of hydrogen-bond acceptors (Lipinski definition) is 4. The van der Waals surface area contributed by atoms with E-state index < -0.39 is 5.41 Å². The molecule has 1 aromatic heterocycles. The van der Waals surface area contributed by atoms with Gasteiger partial charge in [-0.2, -0.15) is 0 Å². The van der Waals surface area contributed by atoms with E-state index in [1.807, 2.05) is 12.1 Å². The van der Waals surface area contributed by atoms with Crippen molar-refractivity contribution in [2.45, 2.75) is 70.8 Å². The zero-order chi connectivity index (χ0) is 25.8. The number of nitrogens with zero attached hydrogens (tertiary/aromatic N) is 2. The molecule has 6 rings (SSSR count). The molecule has 0 amide bonds. The Hall–Kier alpha value is -3.40. The van der Waals surface area contributed by atoms with Gasteiger partial charge in [0.25, 0.3) is 0 Å². The molecular formula is C33H36N2O2. The summed E-state index contributed by atoms with van der Waals surface area (Å²) in [5.41, 5.74) is 6.23. The summed E-state index contributed by atoms with van der Waals surface area (Å²) in [6, 6.07) is 21.2. The van der Waals surface area contributed by atoms with Gasteiger partial charge < -0.3 is 9.64 Å². The molecule has 2 aliphatic carbocycles. The number of carbonyl (C=O) groups excluding carboxylic acids is 1. The van der Waals surface area contributed by atoms with E-state index >= 15 is 0 Å². The Bertz CT molecular complexity index is 1370. The van der Waals surface area contributed by atoms with Crippen LogP contribution in [0.5, 0.6) is 5.75 Å². The minimum absolute atomic E-state index is 0.102. The summed E-state index contributed by atoms with van der Waals surface area (Å²) in [5, 5.41) is 0. The van der Waals surface area contributed by atoms with Gasteiger partial charge in [0.1, 0.15) is 11.6 Å². The highest BCUT2D eigenvalue weighted by Crippen LogP contribution is 2.55. The van der Waals surface area contributed by atoms with Gasteiger partial charge in [0.15, 0.2) is 5.78 Å². The van der Waals surface area contributed by atoms with E-state index in [0.29, 0.717) is 18.9 Å². The molecule has 0 bridgehead atoms. The first-order valence-corrected chi connectivity index (χ1v) is 13.5. The molecule has 2 heterocycles. The number of fused-ring (bicyclic) bond motifs is 1. The van der Waals surface area contributed by atoms with Crippen molar-refractivity contribution in [1.82, 2.24) is 4.98 Å². The third kappa shape index (κ3) is 3.98. The highest BCUT2D eigenvalue weighted by Gasteiger charge is 2.50. The second kappa shape index (κ2) is 8.86. The third-order valence-corrected chi connectivity index (χ3v) is 8.79. The first-order valence-electron chi connectivity index (χ1n) is 13.5. The van der Waals surface area contributed by atoms with Crippen molar-refractivity contribution in [3.63, 3.8) is 0 Å². The Kier molecular flexibility index (Phi) is 5.74. The standard InChI is InChI=1S/C33H36N2O2/c1-32(2)18-28-30(29(36)19-32)33(3,25-11-6-5-7-12-25)27-17-24(23-9-8-10-23)20-34-31(27)35(28)21-22-13-15-26(37-4)16-14-22/h5-7,11-17,20,23H,8-10,18-19,21H2,1-4H3/t33-/m0/s1. The van der Waals surface area contributed by atoms with Crippen LogP contribution in [0.2, 0.25) is 0 Å². The van der Waals surface area contributed by atoms with Crippen LogP contribution in [0.25, 0.3) is 0 Å². The van der Waals surface area contributed by atoms with Crippen LogP contribution in [-0.2, 0) is 16.8 Å². The Morgan fingerprint density at radius 1 is 1.00 bits per heavy atom. The monoisotopic (exact) mass is 492 g/mol. The van der Waals surface area contributed by atoms with Crippen LogP contribution in [0, 0.1) is 5.41 Å². The molecule has 2 aromatic carbocycles. The number of allylic oxidation sites excluding steroid dienone is 2. The van der Waals surface area contributed by atoms with Crippen LogP contribution < -0.4 is 9.64 Å². The zero-order valence-electron chi connectivity index (χ0n) is 22.4. The SMILES string of the molecule is COc1ccc(CN2C3=C(C(=O)CC(C)(C)C3)[C@@](C)(c3ccccc3)c3cc(C4CCC4)cnc32)cc1. The number of methoxy groups -OCH3 is 1. The maximum atomic E-state index is 14.1. The summed E-state index contributed by atoms with van der Waals surface area (Å²) in [6.45, 7) is 7.34. The van der Waals surface area contributed by atoms with Crippen molar-refractivity contribution in [1.29, 1.82) is 0 Å². The fourth-order valence-electron chi connectivity index (χ4n) is 6.53. The minimum Gasteiger partial charge on any atom is -0.497 e. The van der Waals surface area contributed by atoms with E-state index in [-0.39, 0.29) is 11.2 Å². The van der Waals surface area contributed by atoms with Crippen molar-refractivity contribution in [2.75, 3.05) is 12.0 Å². The molecular weight excluding hydrogens is 456 g/mol. The average molecular weight is 493 g/mol. The van der Waals surface area contributed by atoms with Crippen molar-refractivity contribution in [3.8, 4) is 5.75 Å². The van der Waals surface area contributed by atoms with Crippen molar-refractivity contribution >= 4 is 11.6 Å². The number of rotatable bonds is 5. The molecule has 0 saturated heterocycles. The van der Waals surface area contributed by atoms with Crippen molar-refractivity contribution in [2.24, 2.45) is 5.41 Å². The molecule has 37 heavy (non-hydrogen) atoms. The van der Waals surface area contributed by atoms with Gasteiger partial charge in [0, 0.05) is 36.0 Å². The molecule has 1 saturated carbocycles. The van der Waals surface area contributed by atoms with Crippen LogP contribution >= 0.6 is 0 Å². The lowest BCUT2D eigenvalue weighted by atomic mass is 9.61. The van der Waals surface area contributed by atoms with Crippen LogP contribution in [-0.4, -0.2) is 17.9 Å². The molecule has 0 spiro atoms. The highest BCUT2D eigenvalue weighted by molar-refractivity contribution is 6.03. The zero-order valence-corrected chi connectivity index (χ0v) is 22.4. The van der Waals surface area contributed by atoms with Gasteiger partial charge in [-0.15, -0.1) is 0 Å². The van der Waals surface area contributed by atoms with Crippen LogP contribution in [0.3, 0.4) is 0 Å². The smallest absolute Gasteiger partial charge is 0.162 e. The van der Waals surface area contributed by atoms with Gasteiger partial charge in [-0.3, -0.25) is 4.79 Å².